The highest BCUT2D eigenvalue weighted by Gasteiger charge is 2.80. The Bertz CT molecular complexity index is 1390. The molecule has 8 aliphatic rings. The van der Waals surface area contributed by atoms with Crippen molar-refractivity contribution in [3.63, 3.8) is 0 Å². The number of Topliss-reactive ketones (excluding diaryl/α,β-unsaturated/α-hetero) is 1. The number of methoxy groups -OCH3 is 1. The van der Waals surface area contributed by atoms with Crippen molar-refractivity contribution in [2.24, 2.45) is 52.3 Å². The van der Waals surface area contributed by atoms with Gasteiger partial charge in [-0.05, 0) is 85.7 Å². The molecule has 1 spiro atoms. The third-order valence-corrected chi connectivity index (χ3v) is 12.8. The summed E-state index contributed by atoms with van der Waals surface area (Å²) in [5.74, 6) is 0.0426. The lowest BCUT2D eigenvalue weighted by atomic mass is 9.42. The normalized spacial score (nSPS) is 53.1. The van der Waals surface area contributed by atoms with Crippen LogP contribution in [0.2, 0.25) is 0 Å². The van der Waals surface area contributed by atoms with E-state index < -0.39 is 34.8 Å². The molecule has 0 aromatic rings. The fourth-order valence-electron chi connectivity index (χ4n) is 11.0. The summed E-state index contributed by atoms with van der Waals surface area (Å²) in [6.45, 7) is 12.4. The number of carbonyl (C=O) groups excluding carboxylic acids is 3. The maximum atomic E-state index is 14.1. The van der Waals surface area contributed by atoms with E-state index in [1.165, 1.54) is 18.3 Å². The highest BCUT2D eigenvalue weighted by atomic mass is 16.6. The fraction of sp³-hybridized carbons (Fsp3) is 0.645. The highest BCUT2D eigenvalue weighted by Crippen LogP contribution is 2.82. The van der Waals surface area contributed by atoms with E-state index in [9.17, 15) is 19.5 Å². The van der Waals surface area contributed by atoms with E-state index >= 15 is 0 Å². The van der Waals surface area contributed by atoms with Gasteiger partial charge in [0.1, 0.15) is 11.7 Å². The zero-order valence-corrected chi connectivity index (χ0v) is 22.1. The Balaban J connectivity index is 1.47. The zero-order valence-electron chi connectivity index (χ0n) is 22.1. The Kier molecular flexibility index (Phi) is 3.78. The van der Waals surface area contributed by atoms with Crippen LogP contribution in [0.25, 0.3) is 0 Å². The quantitative estimate of drug-likeness (QED) is 0.333. The van der Waals surface area contributed by atoms with E-state index in [-0.39, 0.29) is 34.7 Å². The first-order valence-electron chi connectivity index (χ1n) is 13.8. The predicted molar refractivity (Wildman–Crippen MR) is 133 cm³/mol. The Morgan fingerprint density at radius 2 is 1.84 bits per heavy atom. The second-order valence-corrected chi connectivity index (χ2v) is 13.6. The number of hydrogen-bond donors (Lipinski definition) is 1. The summed E-state index contributed by atoms with van der Waals surface area (Å²) in [4.78, 5) is 40.5. The van der Waals surface area contributed by atoms with Crippen LogP contribution in [0.5, 0.6) is 0 Å². The standard InChI is InChI=1S/C31H34O6/c1-11-14-7-19(14)29(4)17(11)10-18-12(2)28(35)37-31(18)21(29)9-16-15-8-20(15)30(5)23(16)24(31)22(25(32)26(30)33)13(3)27(34)36-6/h14-15,17,19-21,24,26,33H,1,7-10H2,2-6H3/b22-13-/t14-,15-,17+,19-,20-,21-,24+,26+,29+,30+,31+/m1/s1. The molecule has 0 aromatic heterocycles. The summed E-state index contributed by atoms with van der Waals surface area (Å²) in [7, 11) is 1.31. The SMILES string of the molecule is C=C1[C@H]2C[C@H]2[C@]2(C)[C@H]1CC1=C(C)C(=O)O[C@@]13[C@@H]1C4=C(C[C@@H]32)[C@H]2C[C@H]2[C@]4(C)[C@@H](O)C(=O)/C1=C(/C)C(=O)OC. The van der Waals surface area contributed by atoms with Gasteiger partial charge in [-0.3, -0.25) is 4.79 Å². The molecule has 6 nitrogen and oxygen atoms in total. The van der Waals surface area contributed by atoms with Crippen LogP contribution < -0.4 is 0 Å². The van der Waals surface area contributed by atoms with Gasteiger partial charge in [0.05, 0.1) is 13.0 Å². The van der Waals surface area contributed by atoms with Gasteiger partial charge < -0.3 is 14.6 Å². The Hall–Kier alpha value is -2.47. The summed E-state index contributed by atoms with van der Waals surface area (Å²) in [6, 6.07) is 0. The first kappa shape index (κ1) is 22.5. The zero-order chi connectivity index (χ0) is 26.1. The maximum Gasteiger partial charge on any atom is 0.334 e. The smallest absolute Gasteiger partial charge is 0.334 e. The fourth-order valence-corrected chi connectivity index (χ4v) is 11.0. The van der Waals surface area contributed by atoms with Crippen LogP contribution in [0.3, 0.4) is 0 Å². The summed E-state index contributed by atoms with van der Waals surface area (Å²) in [6.07, 6.45) is 2.43. The number of hydrogen-bond acceptors (Lipinski definition) is 6. The molecule has 6 heteroatoms. The molecule has 0 aromatic carbocycles. The molecule has 0 unspecified atom stereocenters. The van der Waals surface area contributed by atoms with E-state index in [0.717, 1.165) is 30.4 Å². The van der Waals surface area contributed by atoms with Gasteiger partial charge in [0.2, 0.25) is 0 Å². The van der Waals surface area contributed by atoms with Crippen molar-refractivity contribution in [2.75, 3.05) is 7.11 Å². The number of ketones is 1. The molecule has 1 N–H and O–H groups in total. The lowest BCUT2D eigenvalue weighted by Crippen LogP contribution is -2.65. The molecule has 0 saturated heterocycles. The molecule has 0 amide bonds. The third-order valence-electron chi connectivity index (χ3n) is 12.8. The van der Waals surface area contributed by atoms with Crippen molar-refractivity contribution < 1.29 is 29.0 Å². The van der Waals surface area contributed by atoms with Crippen LogP contribution in [-0.4, -0.2) is 41.6 Å². The van der Waals surface area contributed by atoms with Crippen LogP contribution in [0.1, 0.15) is 53.4 Å². The average Bonchev–Trinajstić information content (AvgIpc) is 3.77. The molecule has 37 heavy (non-hydrogen) atoms. The largest absolute Gasteiger partial charge is 0.466 e. The number of ether oxygens (including phenoxy) is 2. The van der Waals surface area contributed by atoms with Crippen molar-refractivity contribution in [3.8, 4) is 0 Å². The van der Waals surface area contributed by atoms with Gasteiger partial charge in [-0.15, -0.1) is 0 Å². The molecule has 1 heterocycles. The van der Waals surface area contributed by atoms with Crippen LogP contribution in [0, 0.1) is 52.3 Å². The van der Waals surface area contributed by atoms with Crippen LogP contribution in [0.4, 0.5) is 0 Å². The Labute approximate surface area is 216 Å². The van der Waals surface area contributed by atoms with Crippen molar-refractivity contribution >= 4 is 17.7 Å². The molecule has 11 atom stereocenters. The first-order chi connectivity index (χ1) is 17.4. The third kappa shape index (κ3) is 2.08. The summed E-state index contributed by atoms with van der Waals surface area (Å²) < 4.78 is 11.7. The lowest BCUT2D eigenvalue weighted by Gasteiger charge is -2.62. The van der Waals surface area contributed by atoms with Gasteiger partial charge in [-0.2, -0.15) is 0 Å². The second-order valence-electron chi connectivity index (χ2n) is 13.6. The van der Waals surface area contributed by atoms with E-state index in [1.54, 1.807) is 6.92 Å². The van der Waals surface area contributed by atoms with Gasteiger partial charge in [0, 0.05) is 28.1 Å². The Morgan fingerprint density at radius 3 is 2.54 bits per heavy atom. The molecule has 0 radical (unpaired) electrons. The number of esters is 2. The minimum absolute atomic E-state index is 0.000222. The summed E-state index contributed by atoms with van der Waals surface area (Å²) in [5.41, 5.74) is 4.08. The first-order valence-corrected chi connectivity index (χ1v) is 13.8. The molecule has 1 aliphatic heterocycles. The number of carbonyl (C=O) groups is 3. The minimum Gasteiger partial charge on any atom is -0.466 e. The molecule has 5 saturated carbocycles. The molecule has 7 aliphatic carbocycles. The number of rotatable bonds is 1. The molecular formula is C31H34O6. The van der Waals surface area contributed by atoms with Crippen LogP contribution in [-0.2, 0) is 23.9 Å². The monoisotopic (exact) mass is 502 g/mol. The second kappa shape index (κ2) is 6.22. The molecule has 8 rings (SSSR count). The average molecular weight is 503 g/mol. The van der Waals surface area contributed by atoms with Crippen molar-refractivity contribution in [3.05, 3.63) is 45.6 Å². The van der Waals surface area contributed by atoms with Crippen molar-refractivity contribution in [1.82, 2.24) is 0 Å². The predicted octanol–water partition coefficient (Wildman–Crippen LogP) is 3.85. The Morgan fingerprint density at radius 1 is 1.14 bits per heavy atom. The van der Waals surface area contributed by atoms with Gasteiger partial charge in [-0.25, -0.2) is 9.59 Å². The lowest BCUT2D eigenvalue weighted by molar-refractivity contribution is -0.175. The van der Waals surface area contributed by atoms with Gasteiger partial charge in [0.15, 0.2) is 5.78 Å². The number of fused-ring (bicyclic) bond motifs is 7. The van der Waals surface area contributed by atoms with E-state index in [4.69, 9.17) is 9.47 Å². The maximum absolute atomic E-state index is 14.1. The van der Waals surface area contributed by atoms with Gasteiger partial charge in [-0.1, -0.05) is 31.6 Å². The van der Waals surface area contributed by atoms with E-state index in [1.807, 2.05) is 13.8 Å². The van der Waals surface area contributed by atoms with Crippen LogP contribution in [0.15, 0.2) is 45.6 Å². The number of aliphatic hydroxyl groups excluding tert-OH is 1. The minimum atomic E-state index is -1.22. The summed E-state index contributed by atoms with van der Waals surface area (Å²) >= 11 is 0. The summed E-state index contributed by atoms with van der Waals surface area (Å²) in [5, 5.41) is 11.6. The topological polar surface area (TPSA) is 89.9 Å². The van der Waals surface area contributed by atoms with Gasteiger partial charge in [0.25, 0.3) is 0 Å². The van der Waals surface area contributed by atoms with E-state index in [0.29, 0.717) is 35.3 Å². The van der Waals surface area contributed by atoms with Crippen LogP contribution >= 0.6 is 0 Å². The molecule has 5 fully saturated rings. The molecule has 194 valence electrons. The van der Waals surface area contributed by atoms with E-state index in [2.05, 4.69) is 13.5 Å². The van der Waals surface area contributed by atoms with Gasteiger partial charge >= 0.3 is 11.9 Å². The molecular weight excluding hydrogens is 468 g/mol. The number of aliphatic hydroxyl groups is 1. The molecule has 0 bridgehead atoms. The number of allylic oxidation sites excluding steroid dienone is 2. The van der Waals surface area contributed by atoms with Crippen molar-refractivity contribution in [1.29, 1.82) is 0 Å². The van der Waals surface area contributed by atoms with Crippen molar-refractivity contribution in [2.45, 2.75) is 65.1 Å². The highest BCUT2D eigenvalue weighted by molar-refractivity contribution is 6.09.